The van der Waals surface area contributed by atoms with E-state index in [1.54, 1.807) is 19.2 Å². The van der Waals surface area contributed by atoms with Crippen LogP contribution in [0.2, 0.25) is 0 Å². The van der Waals surface area contributed by atoms with Gasteiger partial charge in [0.1, 0.15) is 11.5 Å². The third-order valence-electron chi connectivity index (χ3n) is 3.37. The van der Waals surface area contributed by atoms with Gasteiger partial charge in [-0.15, -0.1) is 0 Å². The highest BCUT2D eigenvalue weighted by molar-refractivity contribution is 9.11. The summed E-state index contributed by atoms with van der Waals surface area (Å²) in [4.78, 5) is 0. The molecule has 0 spiro atoms. The number of rotatable bonds is 4. The average Bonchev–Trinajstić information content (AvgIpc) is 2.97. The fraction of sp³-hybridized carbons (Fsp3) is 0.0625. The van der Waals surface area contributed by atoms with Gasteiger partial charge in [0.05, 0.1) is 17.8 Å². The fourth-order valence-electron chi connectivity index (χ4n) is 2.13. The minimum absolute atomic E-state index is 0.0907. The third kappa shape index (κ3) is 3.83. The van der Waals surface area contributed by atoms with E-state index in [2.05, 4.69) is 47.2 Å². The lowest BCUT2D eigenvalue weighted by Gasteiger charge is -2.04. The summed E-state index contributed by atoms with van der Waals surface area (Å²) in [5, 5.41) is 21.4. The van der Waals surface area contributed by atoms with Gasteiger partial charge in [0.25, 0.3) is 0 Å². The second kappa shape index (κ2) is 7.51. The molecule has 2 aromatic carbocycles. The van der Waals surface area contributed by atoms with E-state index in [0.717, 1.165) is 15.8 Å². The summed E-state index contributed by atoms with van der Waals surface area (Å²) in [5.41, 5.74) is 1.36. The molecule has 128 valence electrons. The number of H-pyrrole nitrogens is 1. The Labute approximate surface area is 165 Å². The van der Waals surface area contributed by atoms with E-state index in [9.17, 15) is 5.11 Å². The number of hydrogen-bond donors (Lipinski definition) is 2. The van der Waals surface area contributed by atoms with Gasteiger partial charge in [-0.05, 0) is 64.5 Å². The van der Waals surface area contributed by atoms with Crippen LogP contribution in [0, 0.1) is 4.77 Å². The van der Waals surface area contributed by atoms with Crippen LogP contribution < -0.4 is 4.74 Å². The van der Waals surface area contributed by atoms with Crippen LogP contribution in [0.5, 0.6) is 11.5 Å². The number of phenols is 1. The molecule has 0 aliphatic heterocycles. The van der Waals surface area contributed by atoms with Crippen molar-refractivity contribution in [1.82, 2.24) is 14.9 Å². The van der Waals surface area contributed by atoms with Crippen LogP contribution in [0.3, 0.4) is 0 Å². The highest BCUT2D eigenvalue weighted by atomic mass is 79.9. The van der Waals surface area contributed by atoms with E-state index in [4.69, 9.17) is 17.0 Å². The number of hydrogen-bond acceptors (Lipinski definition) is 5. The summed E-state index contributed by atoms with van der Waals surface area (Å²) in [6.45, 7) is 0. The number of halogens is 2. The number of aromatic nitrogens is 3. The Morgan fingerprint density at radius 1 is 1.28 bits per heavy atom. The van der Waals surface area contributed by atoms with Crippen LogP contribution in [0.25, 0.3) is 11.4 Å². The number of aromatic amines is 1. The molecule has 0 aliphatic rings. The summed E-state index contributed by atoms with van der Waals surface area (Å²) in [5.74, 6) is 1.39. The first kappa shape index (κ1) is 17.8. The van der Waals surface area contributed by atoms with Gasteiger partial charge < -0.3 is 9.84 Å². The Balaban J connectivity index is 2.01. The summed E-state index contributed by atoms with van der Waals surface area (Å²) >= 11 is 11.9. The van der Waals surface area contributed by atoms with Crippen molar-refractivity contribution in [3.63, 3.8) is 0 Å². The van der Waals surface area contributed by atoms with Gasteiger partial charge in [-0.2, -0.15) is 14.9 Å². The molecule has 1 heterocycles. The Bertz CT molecular complexity index is 996. The highest BCUT2D eigenvalue weighted by Crippen LogP contribution is 2.30. The SMILES string of the molecule is COc1ccc(-c2n[nH]c(=S)n2/N=C/c2cc(Br)cc(Br)c2O)cc1. The molecule has 25 heavy (non-hydrogen) atoms. The second-order valence-electron chi connectivity index (χ2n) is 4.96. The van der Waals surface area contributed by atoms with Gasteiger partial charge in [-0.1, -0.05) is 15.9 Å². The molecule has 2 N–H and O–H groups in total. The maximum Gasteiger partial charge on any atom is 0.216 e. The van der Waals surface area contributed by atoms with E-state index in [-0.39, 0.29) is 5.75 Å². The lowest BCUT2D eigenvalue weighted by Crippen LogP contribution is -1.95. The molecule has 0 saturated heterocycles. The molecule has 0 radical (unpaired) electrons. The van der Waals surface area contributed by atoms with Gasteiger partial charge >= 0.3 is 0 Å². The normalized spacial score (nSPS) is 11.2. The Kier molecular flexibility index (Phi) is 5.36. The number of nitrogens with zero attached hydrogens (tertiary/aromatic N) is 3. The second-order valence-corrected chi connectivity index (χ2v) is 7.12. The molecule has 0 fully saturated rings. The van der Waals surface area contributed by atoms with E-state index in [0.29, 0.717) is 20.6 Å². The molecule has 0 saturated carbocycles. The summed E-state index contributed by atoms with van der Waals surface area (Å²) in [6, 6.07) is 10.9. The lowest BCUT2D eigenvalue weighted by molar-refractivity contribution is 0.415. The fourth-order valence-corrected chi connectivity index (χ4v) is 3.57. The minimum atomic E-state index is 0.0907. The maximum atomic E-state index is 10.1. The molecule has 3 rings (SSSR count). The zero-order chi connectivity index (χ0) is 18.0. The Morgan fingerprint density at radius 2 is 2.00 bits per heavy atom. The summed E-state index contributed by atoms with van der Waals surface area (Å²) in [6.07, 6.45) is 1.52. The molecule has 0 bridgehead atoms. The lowest BCUT2D eigenvalue weighted by atomic mass is 10.2. The topological polar surface area (TPSA) is 75.4 Å². The zero-order valence-electron chi connectivity index (χ0n) is 12.9. The number of methoxy groups -OCH3 is 1. The standard InChI is InChI=1S/C16H12Br2N4O2S/c1-24-12-4-2-9(3-5-12)15-20-21-16(25)22(15)19-8-10-6-11(17)7-13(18)14(10)23/h2-8,23H,1H3,(H,21,25)/b19-8+. The maximum absolute atomic E-state index is 10.1. The van der Waals surface area contributed by atoms with Crippen molar-refractivity contribution < 1.29 is 9.84 Å². The van der Waals surface area contributed by atoms with Gasteiger partial charge in [-0.3, -0.25) is 0 Å². The largest absolute Gasteiger partial charge is 0.506 e. The highest BCUT2D eigenvalue weighted by Gasteiger charge is 2.10. The van der Waals surface area contributed by atoms with Crippen molar-refractivity contribution in [2.24, 2.45) is 5.10 Å². The number of nitrogens with one attached hydrogen (secondary N) is 1. The number of phenolic OH excluding ortho intramolecular Hbond substituents is 1. The van der Waals surface area contributed by atoms with Gasteiger partial charge in [-0.25, -0.2) is 5.10 Å². The Morgan fingerprint density at radius 3 is 2.68 bits per heavy atom. The number of aromatic hydroxyl groups is 1. The van der Waals surface area contributed by atoms with Crippen LogP contribution in [0.4, 0.5) is 0 Å². The molecule has 0 atom stereocenters. The first-order chi connectivity index (χ1) is 12.0. The van der Waals surface area contributed by atoms with Gasteiger partial charge in [0, 0.05) is 15.6 Å². The predicted molar refractivity (Wildman–Crippen MR) is 106 cm³/mol. The molecule has 9 heteroatoms. The molecule has 1 aromatic heterocycles. The monoisotopic (exact) mass is 482 g/mol. The molecular formula is C16H12Br2N4O2S. The van der Waals surface area contributed by atoms with Gasteiger partial charge in [0.15, 0.2) is 5.82 Å². The first-order valence-corrected chi connectivity index (χ1v) is 9.03. The number of ether oxygens (including phenoxy) is 1. The smallest absolute Gasteiger partial charge is 0.216 e. The quantitative estimate of drug-likeness (QED) is 0.415. The van der Waals surface area contributed by atoms with Crippen molar-refractivity contribution in [1.29, 1.82) is 0 Å². The van der Waals surface area contributed by atoms with E-state index in [1.165, 1.54) is 10.9 Å². The van der Waals surface area contributed by atoms with E-state index >= 15 is 0 Å². The summed E-state index contributed by atoms with van der Waals surface area (Å²) in [7, 11) is 1.61. The molecule has 0 aliphatic carbocycles. The van der Waals surface area contributed by atoms with Crippen molar-refractivity contribution >= 4 is 50.3 Å². The van der Waals surface area contributed by atoms with Gasteiger partial charge in [0.2, 0.25) is 4.77 Å². The number of benzene rings is 2. The molecular weight excluding hydrogens is 472 g/mol. The van der Waals surface area contributed by atoms with Crippen LogP contribution in [0.15, 0.2) is 50.4 Å². The molecule has 3 aromatic rings. The van der Waals surface area contributed by atoms with E-state index in [1.807, 2.05) is 24.3 Å². The van der Waals surface area contributed by atoms with Crippen LogP contribution in [0.1, 0.15) is 5.56 Å². The van der Waals surface area contributed by atoms with Crippen molar-refractivity contribution in [2.45, 2.75) is 0 Å². The zero-order valence-corrected chi connectivity index (χ0v) is 16.9. The molecule has 0 unspecified atom stereocenters. The predicted octanol–water partition coefficient (Wildman–Crippen LogP) is 4.73. The Hall–Kier alpha value is -1.97. The van der Waals surface area contributed by atoms with Crippen molar-refractivity contribution in [2.75, 3.05) is 7.11 Å². The van der Waals surface area contributed by atoms with Crippen molar-refractivity contribution in [3.05, 3.63) is 55.7 Å². The van der Waals surface area contributed by atoms with Crippen LogP contribution in [-0.4, -0.2) is 33.3 Å². The average molecular weight is 484 g/mol. The van der Waals surface area contributed by atoms with Crippen molar-refractivity contribution in [3.8, 4) is 22.9 Å². The van der Waals surface area contributed by atoms with Crippen LogP contribution in [-0.2, 0) is 0 Å². The van der Waals surface area contributed by atoms with Crippen LogP contribution >= 0.6 is 44.1 Å². The minimum Gasteiger partial charge on any atom is -0.506 e. The summed E-state index contributed by atoms with van der Waals surface area (Å²) < 4.78 is 8.37. The molecule has 6 nitrogen and oxygen atoms in total. The first-order valence-electron chi connectivity index (χ1n) is 7.04. The molecule has 0 amide bonds. The third-order valence-corrected chi connectivity index (χ3v) is 4.70. The van der Waals surface area contributed by atoms with E-state index < -0.39 is 0 Å².